The Morgan fingerprint density at radius 2 is 0.662 bits per heavy atom. The van der Waals surface area contributed by atoms with Crippen LogP contribution in [0.15, 0.2) is 463 Å². The summed E-state index contributed by atoms with van der Waals surface area (Å²) >= 11 is 3.66. The quantitative estimate of drug-likeness (QED) is 0.155. The van der Waals surface area contributed by atoms with Gasteiger partial charge in [-0.05, 0) is 276 Å². The van der Waals surface area contributed by atoms with Crippen LogP contribution < -0.4 is 45.2 Å². The Morgan fingerprint density at radius 3 is 1.11 bits per heavy atom. The van der Waals surface area contributed by atoms with Crippen LogP contribution in [0.3, 0.4) is 0 Å². The molecular weight excluding hydrogens is 1780 g/mol. The maximum absolute atomic E-state index is 5.71. The van der Waals surface area contributed by atoms with Crippen LogP contribution in [0, 0.1) is 55.4 Å². The summed E-state index contributed by atoms with van der Waals surface area (Å²) in [6.45, 7) is 19.5. The SMILES string of the molecule is C1=Cc2ccccc2Nc2ccccc21.CN1c2ccccc2N(C)c2ccccc21.CN1c2ccccc2Sc2ccccc21.Cc1cc(C)nc(C)c1.Cc1ccc2c(c1)CN1CN2Cc2cc(C)ccc21.Cc1cccc(C)n1.Cc1ccccn1.c1ccc(-c2cccnc2)cc1.c1ccc(Cc2ccccn2)cc1.c1ccc2c(c1)Nc1ccccc1O2.c1ccc2c(c1)Nc1ccccc1S2. The van der Waals surface area contributed by atoms with Crippen LogP contribution in [0.1, 0.15) is 78.7 Å². The number of hydrogen-bond acceptors (Lipinski definition) is 16. The Bertz CT molecular complexity index is 6720. The maximum atomic E-state index is 5.71. The van der Waals surface area contributed by atoms with Crippen LogP contribution in [-0.4, -0.2) is 52.7 Å². The predicted molar refractivity (Wildman–Crippen MR) is 600 cm³/mol. The summed E-state index contributed by atoms with van der Waals surface area (Å²) in [5.74, 6) is 1.76. The Balaban J connectivity index is 0.000000113. The molecule has 12 heterocycles. The summed E-state index contributed by atoms with van der Waals surface area (Å²) in [6.07, 6.45) is 12.5. The molecule has 7 aliphatic rings. The molecule has 142 heavy (non-hydrogen) atoms. The number of nitrogens with one attached hydrogen (secondary N) is 3. The van der Waals surface area contributed by atoms with E-state index in [1.165, 1.54) is 138 Å². The number of rotatable bonds is 3. The van der Waals surface area contributed by atoms with Gasteiger partial charge in [0.2, 0.25) is 0 Å². The molecule has 16 heteroatoms. The summed E-state index contributed by atoms with van der Waals surface area (Å²) in [4.78, 5) is 37.7. The predicted octanol–water partition coefficient (Wildman–Crippen LogP) is 32.9. The van der Waals surface area contributed by atoms with E-state index in [1.807, 2.05) is 216 Å². The second-order valence-electron chi connectivity index (χ2n) is 35.0. The number of pyridine rings is 5. The first-order chi connectivity index (χ1) is 69.4. The van der Waals surface area contributed by atoms with Crippen molar-refractivity contribution in [3.63, 3.8) is 0 Å². The molecule has 14 nitrogen and oxygen atoms in total. The third-order valence-corrected chi connectivity index (χ3v) is 26.3. The van der Waals surface area contributed by atoms with Crippen molar-refractivity contribution < 1.29 is 4.74 Å². The molecule has 0 saturated carbocycles. The van der Waals surface area contributed by atoms with Crippen LogP contribution in [0.25, 0.3) is 23.3 Å². The zero-order valence-corrected chi connectivity index (χ0v) is 84.0. The van der Waals surface area contributed by atoms with Gasteiger partial charge < -0.3 is 45.2 Å². The average Bonchev–Trinajstić information content (AvgIpc) is 1.21. The van der Waals surface area contributed by atoms with E-state index in [0.717, 1.165) is 88.8 Å². The molecule has 3 N–H and O–H groups in total. The van der Waals surface area contributed by atoms with Crippen LogP contribution in [0.5, 0.6) is 11.5 Å². The van der Waals surface area contributed by atoms with E-state index < -0.39 is 0 Å². The summed E-state index contributed by atoms with van der Waals surface area (Å²) in [7, 11) is 6.35. The first kappa shape index (κ1) is 98.5. The number of aromatic nitrogens is 5. The summed E-state index contributed by atoms with van der Waals surface area (Å²) < 4.78 is 5.71. The lowest BCUT2D eigenvalue weighted by Gasteiger charge is -2.45. The highest BCUT2D eigenvalue weighted by atomic mass is 32.2. The standard InChI is InChI=1S/C17H18N2.C14H14N2.C14H11N.C13H11NS.C12H9NO.C12H9NS.C12H11N.C11H9N.C8H11N.C7H9N.C6H7N/c1-12-3-5-16-14(7-12)9-18-11-19(16)10-15-8-13(2)4-6-17(15)18;1-15-11-7-3-5-9-13(11)16(2)14-10-6-4-8-12(14)15;1-3-7-13-11(5-1)9-10-12-6-2-4-8-14(12)15-13;1-14-10-6-2-4-8-12(10)15-13-9-5-3-7-11(13)14;2*1-3-7-11-9(5-1)13-10-6-2-4-8-12(10)14-11;1-2-6-11(7-3-1)10-12-8-4-5-9-13-12;1-2-5-10(6-3-1)11-7-4-8-12-9-11;1-6-4-7(2)9-8(3)5-6;1-6-4-3-5-7(2)8-6;1-6-4-2-3-5-7-6/h3-8H,9-11H2,1-2H3;3-10H,1-2H3;1-10,15H;2-9H,1H3;2*1-8,13H;1-9H,10H2;1-9H;4-5H,1-3H3;3-5H,1-2H3;2-5H,1H3. The molecule has 0 saturated heterocycles. The summed E-state index contributed by atoms with van der Waals surface area (Å²) in [5.41, 5.74) is 36.8. The number of aryl methyl sites for hydroxylation is 8. The number of fused-ring (bicyclic) bond motifs is 16. The van der Waals surface area contributed by atoms with E-state index in [9.17, 15) is 0 Å². The molecule has 0 atom stereocenters. The van der Waals surface area contributed by atoms with Gasteiger partial charge in [0.25, 0.3) is 0 Å². The number of nitrogens with zero attached hydrogens (tertiary/aromatic N) is 10. The van der Waals surface area contributed by atoms with Crippen LogP contribution in [0.2, 0.25) is 0 Å². The third kappa shape index (κ3) is 26.9. The van der Waals surface area contributed by atoms with Crippen molar-refractivity contribution >= 4 is 115 Å². The molecule has 0 unspecified atom stereocenters. The summed E-state index contributed by atoms with van der Waals surface area (Å²) in [6, 6.07) is 143. The second-order valence-corrected chi connectivity index (χ2v) is 37.1. The second kappa shape index (κ2) is 49.2. The highest BCUT2D eigenvalue weighted by molar-refractivity contribution is 8.00. The minimum Gasteiger partial charge on any atom is -0.453 e. The maximum Gasteiger partial charge on any atom is 0.150 e. The molecule has 14 aromatic carbocycles. The zero-order valence-electron chi connectivity index (χ0n) is 82.3. The van der Waals surface area contributed by atoms with Crippen LogP contribution in [0.4, 0.5) is 79.6 Å². The van der Waals surface area contributed by atoms with Gasteiger partial charge in [-0.3, -0.25) is 24.9 Å². The number of ether oxygens (including phenoxy) is 1. The fraction of sp³-hybridized carbons (Fsp3) is 0.119. The Hall–Kier alpha value is -16.5. The van der Waals surface area contributed by atoms with E-state index in [-0.39, 0.29) is 0 Å². The highest BCUT2D eigenvalue weighted by Gasteiger charge is 2.30. The van der Waals surface area contributed by atoms with Crippen molar-refractivity contribution in [3.05, 3.63) is 522 Å². The van der Waals surface area contributed by atoms with Gasteiger partial charge in [0.1, 0.15) is 0 Å². The molecule has 706 valence electrons. The van der Waals surface area contributed by atoms with Gasteiger partial charge in [0, 0.05) is 142 Å². The van der Waals surface area contributed by atoms with Crippen molar-refractivity contribution in [1.82, 2.24) is 24.9 Å². The van der Waals surface area contributed by atoms with Crippen LogP contribution in [-0.2, 0) is 19.5 Å². The molecule has 19 aromatic rings. The fourth-order valence-electron chi connectivity index (χ4n) is 17.2. The lowest BCUT2D eigenvalue weighted by Crippen LogP contribution is -2.46. The number of anilines is 14. The van der Waals surface area contributed by atoms with E-state index in [1.54, 1.807) is 12.4 Å². The number of benzene rings is 14. The van der Waals surface area contributed by atoms with Crippen molar-refractivity contribution in [2.45, 2.75) is 94.5 Å². The van der Waals surface area contributed by atoms with Gasteiger partial charge in [-0.1, -0.05) is 289 Å². The van der Waals surface area contributed by atoms with E-state index >= 15 is 0 Å². The highest BCUT2D eigenvalue weighted by Crippen LogP contribution is 2.50. The molecule has 0 spiro atoms. The first-order valence-corrected chi connectivity index (χ1v) is 49.5. The third-order valence-electron chi connectivity index (χ3n) is 24.0. The van der Waals surface area contributed by atoms with Gasteiger partial charge >= 0.3 is 0 Å². The van der Waals surface area contributed by atoms with Crippen molar-refractivity contribution in [2.75, 3.05) is 68.3 Å². The van der Waals surface area contributed by atoms with Gasteiger partial charge in [0.15, 0.2) is 11.5 Å². The normalized spacial score (nSPS) is 12.1. The molecule has 0 amide bonds. The largest absolute Gasteiger partial charge is 0.453 e. The smallest absolute Gasteiger partial charge is 0.150 e. The Morgan fingerprint density at radius 1 is 0.282 bits per heavy atom. The molecule has 0 fully saturated rings. The van der Waals surface area contributed by atoms with Crippen molar-refractivity contribution in [1.29, 1.82) is 0 Å². The monoisotopic (exact) mass is 1890 g/mol. The van der Waals surface area contributed by atoms with Gasteiger partial charge in [0.05, 0.1) is 63.5 Å². The minimum absolute atomic E-state index is 0.881. The molecule has 0 radical (unpaired) electrons. The number of hydrogen-bond donors (Lipinski definition) is 3. The zero-order chi connectivity index (χ0) is 98.3. The molecular formula is C126H119N13OS2. The first-order valence-electron chi connectivity index (χ1n) is 47.9. The minimum atomic E-state index is 0.881. The molecule has 26 rings (SSSR count). The lowest BCUT2D eigenvalue weighted by molar-refractivity contribution is 0.481. The molecule has 2 bridgehead atoms. The van der Waals surface area contributed by atoms with Gasteiger partial charge in [-0.2, -0.15) is 0 Å². The fourth-order valence-corrected chi connectivity index (χ4v) is 19.3. The van der Waals surface area contributed by atoms with Gasteiger partial charge in [-0.25, -0.2) is 0 Å². The average molecular weight is 1900 g/mol. The molecule has 7 aliphatic heterocycles. The van der Waals surface area contributed by atoms with Gasteiger partial charge in [-0.15, -0.1) is 0 Å². The van der Waals surface area contributed by atoms with Crippen molar-refractivity contribution in [2.24, 2.45) is 0 Å². The van der Waals surface area contributed by atoms with E-state index in [4.69, 9.17) is 4.74 Å². The molecule has 0 aliphatic carbocycles. The van der Waals surface area contributed by atoms with E-state index in [2.05, 4.69) is 392 Å². The lowest BCUT2D eigenvalue weighted by atomic mass is 9.99. The Kier molecular flexibility index (Phi) is 34.1. The van der Waals surface area contributed by atoms with Crippen LogP contribution >= 0.6 is 23.5 Å². The van der Waals surface area contributed by atoms with E-state index in [0.29, 0.717) is 0 Å². The summed E-state index contributed by atoms with van der Waals surface area (Å²) in [5, 5.41) is 10.2. The Labute approximate surface area is 846 Å². The van der Waals surface area contributed by atoms with Crippen molar-refractivity contribution in [3.8, 4) is 22.6 Å². The topological polar surface area (TPSA) is 126 Å². The molecule has 5 aromatic heterocycles. The number of para-hydroxylation sites is 14.